The van der Waals surface area contributed by atoms with Crippen molar-refractivity contribution in [1.82, 2.24) is 19.1 Å². The lowest BCUT2D eigenvalue weighted by atomic mass is 9.98. The number of amides is 1. The summed E-state index contributed by atoms with van der Waals surface area (Å²) >= 11 is 1.34. The Morgan fingerprint density at radius 1 is 1.22 bits per heavy atom. The van der Waals surface area contributed by atoms with Crippen LogP contribution in [0.25, 0.3) is 0 Å². The van der Waals surface area contributed by atoms with Crippen LogP contribution in [-0.2, 0) is 26.1 Å². The summed E-state index contributed by atoms with van der Waals surface area (Å²) in [5, 5.41) is 12.4. The minimum atomic E-state index is -3.25. The molecule has 2 aliphatic heterocycles. The van der Waals surface area contributed by atoms with Crippen LogP contribution < -0.4 is 5.32 Å². The number of piperidine rings is 1. The number of sulfonamides is 1. The fourth-order valence-corrected chi connectivity index (χ4v) is 5.84. The van der Waals surface area contributed by atoms with Gasteiger partial charge in [-0.15, -0.1) is 10.2 Å². The summed E-state index contributed by atoms with van der Waals surface area (Å²) in [6.07, 6.45) is 4.96. The van der Waals surface area contributed by atoms with Gasteiger partial charge in [-0.1, -0.05) is 30.0 Å². The van der Waals surface area contributed by atoms with Gasteiger partial charge in [0.05, 0.1) is 24.7 Å². The van der Waals surface area contributed by atoms with Crippen LogP contribution in [0, 0.1) is 0 Å². The third-order valence-corrected chi connectivity index (χ3v) is 8.00. The summed E-state index contributed by atoms with van der Waals surface area (Å²) in [5.41, 5.74) is 0.752. The number of hydrogen-bond acceptors (Lipinski definition) is 7. The van der Waals surface area contributed by atoms with Gasteiger partial charge in [0.1, 0.15) is 5.82 Å². The molecule has 2 fully saturated rings. The SMILES string of the molecule is CS(=O)(=O)N1CCC[C@@H](c2nnc(SCC(=O)Nc3ccccc3)n2C[C@H]2CCCO2)C1. The number of rotatable bonds is 8. The largest absolute Gasteiger partial charge is 0.376 e. The average molecular weight is 480 g/mol. The van der Waals surface area contributed by atoms with Crippen molar-refractivity contribution in [2.45, 2.75) is 49.4 Å². The van der Waals surface area contributed by atoms with Crippen LogP contribution in [0.3, 0.4) is 0 Å². The number of aromatic nitrogens is 3. The first-order valence-corrected chi connectivity index (χ1v) is 13.7. The lowest BCUT2D eigenvalue weighted by Gasteiger charge is -2.30. The highest BCUT2D eigenvalue weighted by Gasteiger charge is 2.32. The van der Waals surface area contributed by atoms with Crippen molar-refractivity contribution in [3.05, 3.63) is 36.2 Å². The van der Waals surface area contributed by atoms with Gasteiger partial charge in [0.25, 0.3) is 0 Å². The molecule has 2 saturated heterocycles. The zero-order valence-corrected chi connectivity index (χ0v) is 19.8. The highest BCUT2D eigenvalue weighted by Crippen LogP contribution is 2.30. The first-order chi connectivity index (χ1) is 15.4. The lowest BCUT2D eigenvalue weighted by molar-refractivity contribution is -0.113. The van der Waals surface area contributed by atoms with E-state index in [0.29, 0.717) is 24.8 Å². The quantitative estimate of drug-likeness (QED) is 0.579. The molecule has 3 heterocycles. The van der Waals surface area contributed by atoms with Crippen molar-refractivity contribution >= 4 is 33.4 Å². The lowest BCUT2D eigenvalue weighted by Crippen LogP contribution is -2.39. The molecule has 0 spiro atoms. The molecule has 2 aromatic rings. The number of carbonyl (C=O) groups is 1. The van der Waals surface area contributed by atoms with Crippen molar-refractivity contribution in [2.75, 3.05) is 37.0 Å². The van der Waals surface area contributed by atoms with Gasteiger partial charge in [-0.25, -0.2) is 12.7 Å². The number of nitrogens with zero attached hydrogens (tertiary/aromatic N) is 4. The Hall–Kier alpha value is -1.95. The normalized spacial score (nSPS) is 22.2. The van der Waals surface area contributed by atoms with Crippen LogP contribution in [0.2, 0.25) is 0 Å². The van der Waals surface area contributed by atoms with E-state index in [1.165, 1.54) is 22.3 Å². The Balaban J connectivity index is 1.49. The Morgan fingerprint density at radius 2 is 2.03 bits per heavy atom. The van der Waals surface area contributed by atoms with E-state index in [2.05, 4.69) is 15.5 Å². The predicted molar refractivity (Wildman–Crippen MR) is 123 cm³/mol. The second-order valence-corrected chi connectivity index (χ2v) is 11.2. The number of thioether (sulfide) groups is 1. The second-order valence-electron chi connectivity index (χ2n) is 8.25. The van der Waals surface area contributed by atoms with Crippen molar-refractivity contribution in [1.29, 1.82) is 0 Å². The van der Waals surface area contributed by atoms with E-state index in [1.807, 2.05) is 34.9 Å². The molecule has 2 aliphatic rings. The maximum absolute atomic E-state index is 12.4. The minimum absolute atomic E-state index is 0.0279. The molecule has 0 aliphatic carbocycles. The van der Waals surface area contributed by atoms with Gasteiger partial charge >= 0.3 is 0 Å². The Bertz CT molecular complexity index is 1020. The predicted octanol–water partition coefficient (Wildman–Crippen LogP) is 2.33. The standard InChI is InChI=1S/C21H29N5O4S2/c1-32(28,29)25-11-5-7-16(13-25)20-23-24-21(26(20)14-18-10-6-12-30-18)31-15-19(27)22-17-8-3-2-4-9-17/h2-4,8-9,16,18H,5-7,10-15H2,1H3,(H,22,27)/t16-,18-/m1/s1. The molecule has 1 amide bonds. The zero-order valence-electron chi connectivity index (χ0n) is 18.1. The highest BCUT2D eigenvalue weighted by molar-refractivity contribution is 7.99. The summed E-state index contributed by atoms with van der Waals surface area (Å²) in [5.74, 6) is 0.841. The minimum Gasteiger partial charge on any atom is -0.376 e. The Morgan fingerprint density at radius 3 is 2.75 bits per heavy atom. The van der Waals surface area contributed by atoms with E-state index < -0.39 is 10.0 Å². The molecular formula is C21H29N5O4S2. The Labute approximate surface area is 193 Å². The van der Waals surface area contributed by atoms with E-state index >= 15 is 0 Å². The van der Waals surface area contributed by atoms with E-state index in [9.17, 15) is 13.2 Å². The Kier molecular flexibility index (Phi) is 7.49. The fourth-order valence-electron chi connectivity index (χ4n) is 4.18. The molecule has 1 aromatic heterocycles. The molecule has 1 N–H and O–H groups in total. The number of para-hydroxylation sites is 1. The summed E-state index contributed by atoms with van der Waals surface area (Å²) in [4.78, 5) is 12.4. The van der Waals surface area contributed by atoms with E-state index in [-0.39, 0.29) is 23.7 Å². The summed E-state index contributed by atoms with van der Waals surface area (Å²) in [6, 6.07) is 9.33. The van der Waals surface area contributed by atoms with Gasteiger partial charge in [-0.2, -0.15) is 0 Å². The fraction of sp³-hybridized carbons (Fsp3) is 0.571. The molecule has 4 rings (SSSR count). The van der Waals surface area contributed by atoms with Gasteiger partial charge in [-0.05, 0) is 37.8 Å². The third-order valence-electron chi connectivity index (χ3n) is 5.76. The molecule has 0 radical (unpaired) electrons. The smallest absolute Gasteiger partial charge is 0.234 e. The van der Waals surface area contributed by atoms with Crippen LogP contribution in [0.1, 0.15) is 37.4 Å². The molecule has 1 aromatic carbocycles. The first-order valence-electron chi connectivity index (χ1n) is 10.9. The monoisotopic (exact) mass is 479 g/mol. The van der Waals surface area contributed by atoms with E-state index in [4.69, 9.17) is 4.74 Å². The maximum atomic E-state index is 12.4. The maximum Gasteiger partial charge on any atom is 0.234 e. The molecule has 0 unspecified atom stereocenters. The van der Waals surface area contributed by atoms with Crippen LogP contribution in [0.15, 0.2) is 35.5 Å². The van der Waals surface area contributed by atoms with Gasteiger partial charge in [0.2, 0.25) is 15.9 Å². The summed E-state index contributed by atoms with van der Waals surface area (Å²) < 4.78 is 33.5. The molecule has 0 saturated carbocycles. The van der Waals surface area contributed by atoms with Crippen LogP contribution in [0.5, 0.6) is 0 Å². The molecule has 2 atom stereocenters. The van der Waals surface area contributed by atoms with Gasteiger partial charge in [0.15, 0.2) is 5.16 Å². The topological polar surface area (TPSA) is 106 Å². The van der Waals surface area contributed by atoms with Crippen LogP contribution in [0.4, 0.5) is 5.69 Å². The summed E-state index contributed by atoms with van der Waals surface area (Å²) in [6.45, 7) is 2.30. The van der Waals surface area contributed by atoms with Gasteiger partial charge in [-0.3, -0.25) is 4.79 Å². The molecule has 174 valence electrons. The number of hydrogen-bond donors (Lipinski definition) is 1. The second kappa shape index (κ2) is 10.3. The van der Waals surface area contributed by atoms with Gasteiger partial charge < -0.3 is 14.6 Å². The molecule has 11 heteroatoms. The van der Waals surface area contributed by atoms with Crippen molar-refractivity contribution < 1.29 is 17.9 Å². The highest BCUT2D eigenvalue weighted by atomic mass is 32.2. The third kappa shape index (κ3) is 5.89. The first kappa shape index (κ1) is 23.2. The van der Waals surface area contributed by atoms with Gasteiger partial charge in [0, 0.05) is 31.3 Å². The van der Waals surface area contributed by atoms with Crippen molar-refractivity contribution in [3.63, 3.8) is 0 Å². The zero-order chi connectivity index (χ0) is 22.6. The molecule has 0 bridgehead atoms. The van der Waals surface area contributed by atoms with Crippen LogP contribution in [-0.4, -0.2) is 71.2 Å². The average Bonchev–Trinajstić information content (AvgIpc) is 3.43. The number of carbonyl (C=O) groups excluding carboxylic acids is 1. The number of benzene rings is 1. The molecule has 32 heavy (non-hydrogen) atoms. The summed E-state index contributed by atoms with van der Waals surface area (Å²) in [7, 11) is -3.25. The molecule has 9 nitrogen and oxygen atoms in total. The van der Waals surface area contributed by atoms with E-state index in [1.54, 1.807) is 0 Å². The van der Waals surface area contributed by atoms with Crippen molar-refractivity contribution in [2.24, 2.45) is 0 Å². The number of ether oxygens (including phenoxy) is 1. The number of nitrogens with one attached hydrogen (secondary N) is 1. The van der Waals surface area contributed by atoms with Crippen molar-refractivity contribution in [3.8, 4) is 0 Å². The van der Waals surface area contributed by atoms with Crippen LogP contribution >= 0.6 is 11.8 Å². The number of anilines is 1. The van der Waals surface area contributed by atoms with E-state index in [0.717, 1.165) is 43.8 Å². The molecular weight excluding hydrogens is 450 g/mol.